The first-order valence-corrected chi connectivity index (χ1v) is 4.96. The molecule has 1 rings (SSSR count). The number of halogens is 1. The summed E-state index contributed by atoms with van der Waals surface area (Å²) in [6.07, 6.45) is -0.758. The van der Waals surface area contributed by atoms with Gasteiger partial charge in [0.1, 0.15) is 6.04 Å². The van der Waals surface area contributed by atoms with Gasteiger partial charge in [-0.05, 0) is 6.07 Å². The van der Waals surface area contributed by atoms with E-state index in [4.69, 9.17) is 10.2 Å². The molecule has 8 nitrogen and oxygen atoms in total. The number of carboxylic acid groups (broad SMARTS) is 2. The molecule has 1 unspecified atom stereocenters. The maximum Gasteiger partial charge on any atom is 0.326 e. The van der Waals surface area contributed by atoms with Crippen LogP contribution in [-0.4, -0.2) is 33.1 Å². The zero-order chi connectivity index (χ0) is 14.6. The van der Waals surface area contributed by atoms with Gasteiger partial charge < -0.3 is 15.5 Å². The molecule has 0 aliphatic rings. The molecule has 9 heteroatoms. The number of benzene rings is 1. The van der Waals surface area contributed by atoms with Gasteiger partial charge in [0.2, 0.25) is 0 Å². The summed E-state index contributed by atoms with van der Waals surface area (Å²) in [6.45, 7) is 0. The van der Waals surface area contributed by atoms with E-state index in [9.17, 15) is 24.1 Å². The van der Waals surface area contributed by atoms with Crippen molar-refractivity contribution < 1.29 is 29.1 Å². The number of nitrogens with zero attached hydrogens (tertiary/aromatic N) is 1. The molecule has 0 amide bonds. The number of aliphatic carboxylic acids is 2. The van der Waals surface area contributed by atoms with Crippen LogP contribution < -0.4 is 5.32 Å². The van der Waals surface area contributed by atoms with E-state index in [0.29, 0.717) is 6.07 Å². The normalized spacial score (nSPS) is 11.6. The third-order valence-electron chi connectivity index (χ3n) is 2.17. The van der Waals surface area contributed by atoms with Crippen molar-refractivity contribution >= 4 is 23.3 Å². The van der Waals surface area contributed by atoms with Crippen LogP contribution in [0.15, 0.2) is 18.2 Å². The van der Waals surface area contributed by atoms with Crippen LogP contribution in [-0.2, 0) is 9.59 Å². The SMILES string of the molecule is O=C(O)CC(Nc1ccc([N+](=O)[O-])cc1F)C(=O)O. The second-order valence-electron chi connectivity index (χ2n) is 3.55. The summed E-state index contributed by atoms with van der Waals surface area (Å²) in [4.78, 5) is 30.8. The highest BCUT2D eigenvalue weighted by Crippen LogP contribution is 2.21. The van der Waals surface area contributed by atoms with Gasteiger partial charge in [-0.15, -0.1) is 0 Å². The fraction of sp³-hybridized carbons (Fsp3) is 0.200. The van der Waals surface area contributed by atoms with Crippen molar-refractivity contribution in [2.75, 3.05) is 5.32 Å². The lowest BCUT2D eigenvalue weighted by molar-refractivity contribution is -0.385. The Morgan fingerprint density at radius 2 is 2.05 bits per heavy atom. The molecule has 0 bridgehead atoms. The predicted octanol–water partition coefficient (Wildman–Crippen LogP) is 1.07. The van der Waals surface area contributed by atoms with Crippen LogP contribution in [0.1, 0.15) is 6.42 Å². The molecule has 0 spiro atoms. The first-order valence-electron chi connectivity index (χ1n) is 4.96. The maximum absolute atomic E-state index is 13.5. The van der Waals surface area contributed by atoms with E-state index in [2.05, 4.69) is 5.32 Å². The molecule has 102 valence electrons. The van der Waals surface area contributed by atoms with E-state index in [1.165, 1.54) is 0 Å². The first-order chi connectivity index (χ1) is 8.81. The van der Waals surface area contributed by atoms with Crippen LogP contribution >= 0.6 is 0 Å². The van der Waals surface area contributed by atoms with Gasteiger partial charge in [0.25, 0.3) is 5.69 Å². The number of carboxylic acids is 2. The van der Waals surface area contributed by atoms with Gasteiger partial charge in [0.05, 0.1) is 23.1 Å². The molecule has 0 fully saturated rings. The minimum absolute atomic E-state index is 0.320. The molecule has 0 aromatic heterocycles. The van der Waals surface area contributed by atoms with Crippen molar-refractivity contribution in [3.8, 4) is 0 Å². The summed E-state index contributed by atoms with van der Waals surface area (Å²) >= 11 is 0. The molecule has 0 saturated heterocycles. The molecule has 19 heavy (non-hydrogen) atoms. The number of carbonyl (C=O) groups is 2. The Morgan fingerprint density at radius 3 is 2.47 bits per heavy atom. The van der Waals surface area contributed by atoms with Gasteiger partial charge in [0, 0.05) is 6.07 Å². The highest BCUT2D eigenvalue weighted by atomic mass is 19.1. The van der Waals surface area contributed by atoms with Crippen molar-refractivity contribution in [1.29, 1.82) is 0 Å². The van der Waals surface area contributed by atoms with Crippen molar-refractivity contribution in [3.05, 3.63) is 34.1 Å². The number of nitro groups is 1. The van der Waals surface area contributed by atoms with Crippen LogP contribution in [0.2, 0.25) is 0 Å². The Kier molecular flexibility index (Phi) is 4.35. The van der Waals surface area contributed by atoms with Crippen molar-refractivity contribution in [2.45, 2.75) is 12.5 Å². The van der Waals surface area contributed by atoms with Gasteiger partial charge >= 0.3 is 11.9 Å². The maximum atomic E-state index is 13.5. The van der Waals surface area contributed by atoms with E-state index in [1.807, 2.05) is 0 Å². The van der Waals surface area contributed by atoms with Gasteiger partial charge in [-0.1, -0.05) is 0 Å². The van der Waals surface area contributed by atoms with Crippen LogP contribution in [0.4, 0.5) is 15.8 Å². The lowest BCUT2D eigenvalue weighted by atomic mass is 10.2. The zero-order valence-electron chi connectivity index (χ0n) is 9.37. The molecule has 0 aliphatic carbocycles. The molecule has 1 aromatic rings. The molecular weight excluding hydrogens is 263 g/mol. The highest BCUT2D eigenvalue weighted by Gasteiger charge is 2.22. The van der Waals surface area contributed by atoms with Crippen LogP contribution in [0, 0.1) is 15.9 Å². The number of rotatable bonds is 6. The number of hydrogen-bond donors (Lipinski definition) is 3. The summed E-state index contributed by atoms with van der Waals surface area (Å²) in [5, 5.41) is 29.8. The lowest BCUT2D eigenvalue weighted by Crippen LogP contribution is -2.32. The lowest BCUT2D eigenvalue weighted by Gasteiger charge is -2.14. The minimum Gasteiger partial charge on any atom is -0.481 e. The Balaban J connectivity index is 2.94. The van der Waals surface area contributed by atoms with Crippen molar-refractivity contribution in [2.24, 2.45) is 0 Å². The Morgan fingerprint density at radius 1 is 1.42 bits per heavy atom. The first kappa shape index (κ1) is 14.4. The largest absolute Gasteiger partial charge is 0.481 e. The summed E-state index contributed by atoms with van der Waals surface area (Å²) in [7, 11) is 0. The number of nitrogens with one attached hydrogen (secondary N) is 1. The van der Waals surface area contributed by atoms with E-state index < -0.39 is 40.8 Å². The van der Waals surface area contributed by atoms with Crippen LogP contribution in [0.5, 0.6) is 0 Å². The third-order valence-corrected chi connectivity index (χ3v) is 2.17. The van der Waals surface area contributed by atoms with E-state index in [-0.39, 0.29) is 5.69 Å². The van der Waals surface area contributed by atoms with Gasteiger partial charge in [-0.25, -0.2) is 9.18 Å². The zero-order valence-corrected chi connectivity index (χ0v) is 9.37. The van der Waals surface area contributed by atoms with E-state index in [1.54, 1.807) is 0 Å². The number of hydrogen-bond acceptors (Lipinski definition) is 5. The van der Waals surface area contributed by atoms with Gasteiger partial charge in [-0.3, -0.25) is 14.9 Å². The predicted molar refractivity (Wildman–Crippen MR) is 60.4 cm³/mol. The molecule has 0 heterocycles. The summed E-state index contributed by atoms with van der Waals surface area (Å²) in [6, 6.07) is 1.03. The summed E-state index contributed by atoms with van der Waals surface area (Å²) in [5.41, 5.74) is -0.813. The minimum atomic E-state index is -1.53. The Bertz CT molecular complexity index is 533. The molecule has 1 atom stereocenters. The molecule has 1 aromatic carbocycles. The molecule has 0 saturated carbocycles. The number of anilines is 1. The third kappa shape index (κ3) is 3.91. The summed E-state index contributed by atoms with van der Waals surface area (Å²) < 4.78 is 13.5. The molecule has 0 aliphatic heterocycles. The average Bonchev–Trinajstić information content (AvgIpc) is 2.29. The average molecular weight is 272 g/mol. The van der Waals surface area contributed by atoms with Crippen LogP contribution in [0.25, 0.3) is 0 Å². The number of non-ortho nitro benzene ring substituents is 1. The smallest absolute Gasteiger partial charge is 0.326 e. The van der Waals surface area contributed by atoms with E-state index >= 15 is 0 Å². The van der Waals surface area contributed by atoms with Crippen molar-refractivity contribution in [1.82, 2.24) is 0 Å². The second kappa shape index (κ2) is 5.76. The standard InChI is InChI=1S/C10H9FN2O6/c11-6-3-5(13(18)19)1-2-7(6)12-8(10(16)17)4-9(14)15/h1-3,8,12H,4H2,(H,14,15)(H,16,17). The monoisotopic (exact) mass is 272 g/mol. The topological polar surface area (TPSA) is 130 Å². The number of nitro benzene ring substituents is 1. The molecule has 3 N–H and O–H groups in total. The highest BCUT2D eigenvalue weighted by molar-refractivity contribution is 5.83. The van der Waals surface area contributed by atoms with E-state index in [0.717, 1.165) is 12.1 Å². The van der Waals surface area contributed by atoms with Gasteiger partial charge in [-0.2, -0.15) is 0 Å². The van der Waals surface area contributed by atoms with Crippen LogP contribution in [0.3, 0.4) is 0 Å². The fourth-order valence-electron chi connectivity index (χ4n) is 1.30. The van der Waals surface area contributed by atoms with Gasteiger partial charge in [0.15, 0.2) is 5.82 Å². The quantitative estimate of drug-likeness (QED) is 0.521. The molecule has 0 radical (unpaired) electrons. The van der Waals surface area contributed by atoms with Crippen molar-refractivity contribution in [3.63, 3.8) is 0 Å². The molecular formula is C10H9FN2O6. The second-order valence-corrected chi connectivity index (χ2v) is 3.55. The Hall–Kier alpha value is -2.71. The summed E-state index contributed by atoms with van der Waals surface area (Å²) in [5.74, 6) is -3.88. The fourth-order valence-corrected chi connectivity index (χ4v) is 1.30. The Labute approximate surface area is 105 Å².